The van der Waals surface area contributed by atoms with Crippen molar-refractivity contribution in [2.45, 2.75) is 69.3 Å². The topological polar surface area (TPSA) is 129 Å². The van der Waals surface area contributed by atoms with E-state index in [2.05, 4.69) is 25.3 Å². The minimum absolute atomic E-state index is 0.0266. The third kappa shape index (κ3) is 6.25. The van der Waals surface area contributed by atoms with E-state index in [4.69, 9.17) is 0 Å². The molecule has 0 bridgehead atoms. The molecule has 4 aromatic rings. The fourth-order valence-electron chi connectivity index (χ4n) is 5.93. The molecular weight excluding hydrogens is 571 g/mol. The van der Waals surface area contributed by atoms with Gasteiger partial charge in [-0.3, -0.25) is 0 Å². The molecule has 2 fully saturated rings. The number of nitrogens with one attached hydrogen (secondary N) is 2. The van der Waals surface area contributed by atoms with Crippen LogP contribution < -0.4 is 5.32 Å². The summed E-state index contributed by atoms with van der Waals surface area (Å²) in [6.45, 7) is 0.615. The van der Waals surface area contributed by atoms with Crippen molar-refractivity contribution in [1.82, 2.24) is 28.8 Å². The molecule has 2 aliphatic carbocycles. The van der Waals surface area contributed by atoms with Crippen LogP contribution in [0.4, 0.5) is 19.0 Å². The van der Waals surface area contributed by atoms with Crippen LogP contribution in [0.25, 0.3) is 22.1 Å². The maximum Gasteiger partial charge on any atom is 0.416 e. The van der Waals surface area contributed by atoms with E-state index in [0.717, 1.165) is 41.8 Å². The average molecular weight is 606 g/mol. The zero-order valence-corrected chi connectivity index (χ0v) is 24.0. The molecule has 2 aliphatic rings. The lowest BCUT2D eigenvalue weighted by Gasteiger charge is -2.23. The summed E-state index contributed by atoms with van der Waals surface area (Å²) < 4.78 is 67.7. The molecule has 1 unspecified atom stereocenters. The number of fused-ring (bicyclic) bond motifs is 2. The van der Waals surface area contributed by atoms with Gasteiger partial charge in [0, 0.05) is 31.7 Å². The molecular formula is C28H34F3N7O3S. The Morgan fingerprint density at radius 2 is 1.98 bits per heavy atom. The lowest BCUT2D eigenvalue weighted by Crippen LogP contribution is -2.35. The van der Waals surface area contributed by atoms with Crippen LogP contribution in [0.2, 0.25) is 0 Å². The normalized spacial score (nSPS) is 21.6. The number of hydrogen-bond donors (Lipinski definition) is 3. The minimum atomic E-state index is -4.43. The zero-order chi connectivity index (χ0) is 29.6. The monoisotopic (exact) mass is 605 g/mol. The highest BCUT2D eigenvalue weighted by atomic mass is 32.2. The van der Waals surface area contributed by atoms with Crippen LogP contribution >= 0.6 is 0 Å². The van der Waals surface area contributed by atoms with Crippen molar-refractivity contribution in [2.75, 3.05) is 24.7 Å². The van der Waals surface area contributed by atoms with E-state index in [1.165, 1.54) is 23.0 Å². The van der Waals surface area contributed by atoms with Gasteiger partial charge in [0.2, 0.25) is 10.0 Å². The highest BCUT2D eigenvalue weighted by Gasteiger charge is 2.37. The van der Waals surface area contributed by atoms with Crippen molar-refractivity contribution < 1.29 is 26.7 Å². The van der Waals surface area contributed by atoms with Crippen molar-refractivity contribution in [3.63, 3.8) is 0 Å². The fraction of sp³-hybridized carbons (Fsp3) is 0.536. The number of hydrogen-bond acceptors (Lipinski definition) is 7. The number of imidazole rings is 1. The number of aliphatic hydroxyl groups is 1. The Morgan fingerprint density at radius 1 is 1.17 bits per heavy atom. The molecule has 0 spiro atoms. The molecule has 14 heteroatoms. The van der Waals surface area contributed by atoms with Crippen LogP contribution in [0.5, 0.6) is 0 Å². The molecule has 0 aliphatic heterocycles. The molecule has 1 aromatic carbocycles. The van der Waals surface area contributed by atoms with Crippen LogP contribution in [0.1, 0.15) is 56.0 Å². The molecule has 0 radical (unpaired) electrons. The molecule has 2 saturated carbocycles. The van der Waals surface area contributed by atoms with Crippen LogP contribution in [-0.2, 0) is 22.6 Å². The number of aromatic nitrogens is 5. The Bertz CT molecular complexity index is 1680. The van der Waals surface area contributed by atoms with E-state index in [1.807, 2.05) is 16.8 Å². The van der Waals surface area contributed by atoms with Gasteiger partial charge in [0.05, 0.1) is 40.4 Å². The summed E-state index contributed by atoms with van der Waals surface area (Å²) in [5, 5.41) is 15.3. The Morgan fingerprint density at radius 3 is 2.71 bits per heavy atom. The summed E-state index contributed by atoms with van der Waals surface area (Å²) in [5.41, 5.74) is 0.798. The van der Waals surface area contributed by atoms with Crippen LogP contribution in [0.3, 0.4) is 0 Å². The highest BCUT2D eigenvalue weighted by Crippen LogP contribution is 2.39. The number of anilines is 1. The van der Waals surface area contributed by atoms with Gasteiger partial charge in [0.25, 0.3) is 0 Å². The smallest absolute Gasteiger partial charge is 0.391 e. The first-order valence-corrected chi connectivity index (χ1v) is 16.1. The number of halogens is 3. The molecule has 0 saturated heterocycles. The number of aryl methyl sites for hydroxylation is 1. The third-order valence-electron chi connectivity index (χ3n) is 8.24. The molecule has 10 nitrogen and oxygen atoms in total. The van der Waals surface area contributed by atoms with Crippen molar-refractivity contribution in [2.24, 2.45) is 5.92 Å². The number of aliphatic hydroxyl groups excluding tert-OH is 1. The third-order valence-corrected chi connectivity index (χ3v) is 9.51. The number of benzene rings is 1. The molecule has 3 heterocycles. The minimum Gasteiger partial charge on any atom is -0.391 e. The van der Waals surface area contributed by atoms with E-state index in [-0.39, 0.29) is 12.0 Å². The van der Waals surface area contributed by atoms with Gasteiger partial charge in [-0.2, -0.15) is 13.2 Å². The van der Waals surface area contributed by atoms with Gasteiger partial charge in [-0.1, -0.05) is 0 Å². The molecule has 0 amide bonds. The number of sulfonamides is 1. The Hall–Kier alpha value is -3.23. The van der Waals surface area contributed by atoms with Gasteiger partial charge in [-0.15, -0.1) is 0 Å². The Kier molecular flexibility index (Phi) is 7.64. The van der Waals surface area contributed by atoms with Crippen LogP contribution in [-0.4, -0.2) is 73.8 Å². The van der Waals surface area contributed by atoms with Gasteiger partial charge in [-0.25, -0.2) is 27.7 Å². The van der Waals surface area contributed by atoms with Crippen molar-refractivity contribution in [3.05, 3.63) is 48.2 Å². The maximum atomic E-state index is 13.0. The van der Waals surface area contributed by atoms with Crippen LogP contribution in [0.15, 0.2) is 36.8 Å². The zero-order valence-electron chi connectivity index (χ0n) is 23.2. The standard InChI is InChI=1S/C28H34F3N7O3S/c1-42(40,41)37(10-3-2-4-25-35-21-8-5-18(28(29,30)31)14-22(21)36-25)15-17-12-23(24(39)13-17)38-11-9-20-26(34-19-6-7-19)32-16-33-27(20)38/h5,8-9,11,14,16-17,19,23-24,39H,2-4,6-7,10,12-13,15H2,1H3,(H,35,36)(H,32,33,34)/t17-,23+,24?/m0/s1. The predicted molar refractivity (Wildman–Crippen MR) is 152 cm³/mol. The molecule has 42 heavy (non-hydrogen) atoms. The Labute approximate surface area is 241 Å². The van der Waals surface area contributed by atoms with Gasteiger partial charge in [0.1, 0.15) is 23.6 Å². The molecule has 226 valence electrons. The average Bonchev–Trinajstić information content (AvgIpc) is 3.31. The molecule has 3 aromatic heterocycles. The molecule has 6 rings (SSSR count). The van der Waals surface area contributed by atoms with E-state index in [1.54, 1.807) is 0 Å². The van der Waals surface area contributed by atoms with Crippen molar-refractivity contribution in [3.8, 4) is 0 Å². The summed E-state index contributed by atoms with van der Waals surface area (Å²) >= 11 is 0. The second-order valence-electron chi connectivity index (χ2n) is 11.6. The first-order valence-electron chi connectivity index (χ1n) is 14.2. The quantitative estimate of drug-likeness (QED) is 0.215. The number of alkyl halides is 3. The summed E-state index contributed by atoms with van der Waals surface area (Å²) in [6, 6.07) is 5.59. The van der Waals surface area contributed by atoms with Crippen molar-refractivity contribution in [1.29, 1.82) is 0 Å². The first-order chi connectivity index (χ1) is 20.0. The number of nitrogens with zero attached hydrogens (tertiary/aromatic N) is 5. The van der Waals surface area contributed by atoms with Crippen molar-refractivity contribution >= 4 is 37.9 Å². The SMILES string of the molecule is CS(=O)(=O)N(CCCCc1nc2ccc(C(F)(F)F)cc2[nH]1)C[C@@H]1CC(O)[C@H](n2ccc3c(NC4CC4)ncnc32)C1. The maximum absolute atomic E-state index is 13.0. The summed E-state index contributed by atoms with van der Waals surface area (Å²) in [7, 11) is -3.49. The van der Waals surface area contributed by atoms with Crippen LogP contribution in [0, 0.1) is 5.92 Å². The number of H-pyrrole nitrogens is 1. The largest absolute Gasteiger partial charge is 0.416 e. The number of aromatic amines is 1. The summed E-state index contributed by atoms with van der Waals surface area (Å²) in [4.78, 5) is 16.2. The highest BCUT2D eigenvalue weighted by molar-refractivity contribution is 7.88. The van der Waals surface area contributed by atoms with Gasteiger partial charge in [0.15, 0.2) is 0 Å². The lowest BCUT2D eigenvalue weighted by atomic mass is 10.1. The fourth-order valence-corrected chi connectivity index (χ4v) is 6.88. The van der Waals surface area contributed by atoms with Gasteiger partial charge >= 0.3 is 6.18 Å². The molecule has 3 atom stereocenters. The van der Waals surface area contributed by atoms with Gasteiger partial charge < -0.3 is 20.0 Å². The van der Waals surface area contributed by atoms with Gasteiger partial charge in [-0.05, 0) is 68.7 Å². The summed E-state index contributed by atoms with van der Waals surface area (Å²) in [5.74, 6) is 1.33. The number of rotatable bonds is 11. The number of unbranched alkanes of at least 4 members (excludes halogenated alkanes) is 1. The predicted octanol–water partition coefficient (Wildman–Crippen LogP) is 4.50. The lowest BCUT2D eigenvalue weighted by molar-refractivity contribution is -0.137. The second-order valence-corrected chi connectivity index (χ2v) is 13.5. The summed E-state index contributed by atoms with van der Waals surface area (Å²) in [6.07, 6.45) is 4.58. The van der Waals surface area contributed by atoms with E-state index < -0.39 is 27.9 Å². The van der Waals surface area contributed by atoms with E-state index in [0.29, 0.717) is 68.1 Å². The molecule has 3 N–H and O–H groups in total. The Balaban J connectivity index is 1.06. The van der Waals surface area contributed by atoms with E-state index in [9.17, 15) is 26.7 Å². The van der Waals surface area contributed by atoms with E-state index >= 15 is 0 Å². The first kappa shape index (κ1) is 28.9. The second kappa shape index (κ2) is 11.1.